The van der Waals surface area contributed by atoms with Crippen LogP contribution in [0.3, 0.4) is 0 Å². The molecular formula is C19H21ClN4OS. The van der Waals surface area contributed by atoms with E-state index in [1.165, 1.54) is 0 Å². The Hall–Kier alpha value is -2.18. The van der Waals surface area contributed by atoms with Crippen molar-refractivity contribution in [1.82, 2.24) is 20.1 Å². The molecule has 1 aromatic carbocycles. The molecule has 5 nitrogen and oxygen atoms in total. The Morgan fingerprint density at radius 1 is 1.31 bits per heavy atom. The molecule has 0 radical (unpaired) electrons. The molecule has 1 N–H and O–H groups in total. The lowest BCUT2D eigenvalue weighted by molar-refractivity contribution is 0.0950. The Labute approximate surface area is 162 Å². The smallest absolute Gasteiger partial charge is 0.256 e. The molecular weight excluding hydrogens is 368 g/mol. The minimum absolute atomic E-state index is 0.218. The molecule has 0 fully saturated rings. The highest BCUT2D eigenvalue weighted by molar-refractivity contribution is 7.13. The third kappa shape index (κ3) is 4.14. The van der Waals surface area contributed by atoms with Gasteiger partial charge in [0.1, 0.15) is 10.2 Å². The van der Waals surface area contributed by atoms with E-state index in [1.807, 2.05) is 35.7 Å². The van der Waals surface area contributed by atoms with Gasteiger partial charge in [0.05, 0.1) is 23.5 Å². The summed E-state index contributed by atoms with van der Waals surface area (Å²) in [7, 11) is 0. The van der Waals surface area contributed by atoms with Crippen LogP contribution in [-0.4, -0.2) is 20.7 Å². The van der Waals surface area contributed by atoms with Crippen molar-refractivity contribution in [2.45, 2.75) is 39.8 Å². The van der Waals surface area contributed by atoms with Crippen molar-refractivity contribution in [2.24, 2.45) is 0 Å². The molecule has 0 saturated carbocycles. The Kier molecular flexibility index (Phi) is 6.06. The van der Waals surface area contributed by atoms with E-state index in [2.05, 4.69) is 22.3 Å². The second-order valence-electron chi connectivity index (χ2n) is 6.02. The Bertz CT molecular complexity index is 888. The number of nitrogens with one attached hydrogen (secondary N) is 1. The lowest BCUT2D eigenvalue weighted by atomic mass is 10.2. The molecule has 0 spiro atoms. The fourth-order valence-corrected chi connectivity index (χ4v) is 3.80. The first-order valence-electron chi connectivity index (χ1n) is 8.61. The third-order valence-corrected chi connectivity index (χ3v) is 5.34. The summed E-state index contributed by atoms with van der Waals surface area (Å²) < 4.78 is 1.70. The van der Waals surface area contributed by atoms with Gasteiger partial charge in [0.15, 0.2) is 0 Å². The van der Waals surface area contributed by atoms with E-state index in [-0.39, 0.29) is 5.91 Å². The molecule has 7 heteroatoms. The predicted molar refractivity (Wildman–Crippen MR) is 106 cm³/mol. The Morgan fingerprint density at radius 3 is 2.81 bits per heavy atom. The summed E-state index contributed by atoms with van der Waals surface area (Å²) in [5, 5.41) is 10.6. The van der Waals surface area contributed by atoms with Crippen LogP contribution in [-0.2, 0) is 13.1 Å². The second kappa shape index (κ2) is 8.47. The van der Waals surface area contributed by atoms with E-state index in [0.29, 0.717) is 23.0 Å². The Morgan fingerprint density at radius 2 is 2.08 bits per heavy atom. The molecule has 26 heavy (non-hydrogen) atoms. The first-order chi connectivity index (χ1) is 12.6. The van der Waals surface area contributed by atoms with Crippen LogP contribution >= 0.6 is 22.9 Å². The van der Waals surface area contributed by atoms with Crippen LogP contribution in [0, 0.1) is 6.92 Å². The van der Waals surface area contributed by atoms with Crippen molar-refractivity contribution in [3.8, 4) is 10.6 Å². The third-order valence-electron chi connectivity index (χ3n) is 4.02. The normalized spacial score (nSPS) is 10.9. The van der Waals surface area contributed by atoms with Crippen LogP contribution < -0.4 is 5.32 Å². The van der Waals surface area contributed by atoms with Crippen LogP contribution in [0.25, 0.3) is 10.6 Å². The molecule has 2 aromatic heterocycles. The van der Waals surface area contributed by atoms with Crippen LogP contribution in [0.2, 0.25) is 5.15 Å². The summed E-state index contributed by atoms with van der Waals surface area (Å²) in [6.07, 6.45) is 2.02. The molecule has 0 aliphatic rings. The van der Waals surface area contributed by atoms with E-state index in [9.17, 15) is 4.79 Å². The number of halogens is 1. The molecule has 0 aliphatic heterocycles. The number of aryl methyl sites for hydroxylation is 2. The fourth-order valence-electron chi connectivity index (χ4n) is 2.63. The highest BCUT2D eigenvalue weighted by Gasteiger charge is 2.20. The van der Waals surface area contributed by atoms with Gasteiger partial charge in [-0.1, -0.05) is 55.3 Å². The molecule has 0 saturated heterocycles. The summed E-state index contributed by atoms with van der Waals surface area (Å²) in [6, 6.07) is 9.99. The van der Waals surface area contributed by atoms with Gasteiger partial charge in [-0.2, -0.15) is 5.10 Å². The van der Waals surface area contributed by atoms with Crippen molar-refractivity contribution in [3.63, 3.8) is 0 Å². The van der Waals surface area contributed by atoms with Crippen molar-refractivity contribution in [1.29, 1.82) is 0 Å². The number of carbonyl (C=O) groups excluding carboxylic acids is 1. The van der Waals surface area contributed by atoms with Gasteiger partial charge >= 0.3 is 0 Å². The van der Waals surface area contributed by atoms with Crippen LogP contribution in [0.5, 0.6) is 0 Å². The number of nitrogens with zero attached hydrogens (tertiary/aromatic N) is 3. The molecule has 0 bridgehead atoms. The number of unbranched alkanes of at least 4 members (excludes halogenated alkanes) is 1. The number of amides is 1. The maximum absolute atomic E-state index is 12.6. The quantitative estimate of drug-likeness (QED) is 0.638. The molecule has 0 aliphatic carbocycles. The highest BCUT2D eigenvalue weighted by Crippen LogP contribution is 2.24. The van der Waals surface area contributed by atoms with Gasteiger partial charge in [0, 0.05) is 17.5 Å². The number of thiazole rings is 1. The minimum atomic E-state index is -0.218. The van der Waals surface area contributed by atoms with Crippen molar-refractivity contribution < 1.29 is 4.79 Å². The minimum Gasteiger partial charge on any atom is -0.346 e. The second-order valence-corrected chi connectivity index (χ2v) is 7.24. The van der Waals surface area contributed by atoms with E-state index < -0.39 is 0 Å². The van der Waals surface area contributed by atoms with Gasteiger partial charge in [-0.25, -0.2) is 4.98 Å². The number of benzene rings is 1. The zero-order valence-electron chi connectivity index (χ0n) is 14.8. The first kappa shape index (κ1) is 18.6. The van der Waals surface area contributed by atoms with Crippen molar-refractivity contribution >= 4 is 28.8 Å². The maximum Gasteiger partial charge on any atom is 0.256 e. The van der Waals surface area contributed by atoms with Crippen LogP contribution in [0.1, 0.15) is 41.5 Å². The van der Waals surface area contributed by atoms with Gasteiger partial charge in [-0.3, -0.25) is 9.48 Å². The number of aromatic nitrogens is 3. The first-order valence-corrected chi connectivity index (χ1v) is 9.86. The predicted octanol–water partition coefficient (Wildman–Crippen LogP) is 4.70. The summed E-state index contributed by atoms with van der Waals surface area (Å²) in [5.74, 6) is -0.218. The lowest BCUT2D eigenvalue weighted by Crippen LogP contribution is -2.23. The lowest BCUT2D eigenvalue weighted by Gasteiger charge is -2.04. The molecule has 2 heterocycles. The largest absolute Gasteiger partial charge is 0.346 e. The maximum atomic E-state index is 12.6. The SMILES string of the molecule is CCCCn1nc(C)c(C(=O)NCc2csc(-c3ccccc3)n2)c1Cl. The van der Waals surface area contributed by atoms with Crippen LogP contribution in [0.4, 0.5) is 0 Å². The van der Waals surface area contributed by atoms with Gasteiger partial charge in [0.25, 0.3) is 5.91 Å². The van der Waals surface area contributed by atoms with E-state index in [4.69, 9.17) is 11.6 Å². The fraction of sp³-hybridized carbons (Fsp3) is 0.316. The standard InChI is InChI=1S/C19H21ClN4OS/c1-3-4-10-24-17(20)16(13(2)23-24)18(25)21-11-15-12-26-19(22-15)14-8-6-5-7-9-14/h5-9,12H,3-4,10-11H2,1-2H3,(H,21,25). The van der Waals surface area contributed by atoms with Crippen LogP contribution in [0.15, 0.2) is 35.7 Å². The molecule has 136 valence electrons. The van der Waals surface area contributed by atoms with Gasteiger partial charge in [0.2, 0.25) is 0 Å². The summed E-state index contributed by atoms with van der Waals surface area (Å²) in [4.78, 5) is 17.1. The van der Waals surface area contributed by atoms with E-state index in [1.54, 1.807) is 22.9 Å². The van der Waals surface area contributed by atoms with E-state index in [0.717, 1.165) is 35.7 Å². The average Bonchev–Trinajstić information content (AvgIpc) is 3.23. The molecule has 3 aromatic rings. The molecule has 0 atom stereocenters. The van der Waals surface area contributed by atoms with Gasteiger partial charge in [-0.15, -0.1) is 11.3 Å². The van der Waals surface area contributed by atoms with E-state index >= 15 is 0 Å². The molecule has 0 unspecified atom stereocenters. The number of carbonyl (C=O) groups is 1. The summed E-state index contributed by atoms with van der Waals surface area (Å²) in [5.41, 5.74) is 2.99. The molecule has 3 rings (SSSR count). The topological polar surface area (TPSA) is 59.8 Å². The zero-order valence-corrected chi connectivity index (χ0v) is 16.4. The number of hydrogen-bond acceptors (Lipinski definition) is 4. The van der Waals surface area contributed by atoms with Gasteiger partial charge < -0.3 is 5.32 Å². The summed E-state index contributed by atoms with van der Waals surface area (Å²) in [6.45, 7) is 4.99. The average molecular weight is 389 g/mol. The van der Waals surface area contributed by atoms with Crippen molar-refractivity contribution in [2.75, 3.05) is 0 Å². The zero-order chi connectivity index (χ0) is 18.5. The van der Waals surface area contributed by atoms with Crippen molar-refractivity contribution in [3.05, 3.63) is 57.8 Å². The highest BCUT2D eigenvalue weighted by atomic mass is 35.5. The monoisotopic (exact) mass is 388 g/mol. The Balaban J connectivity index is 1.66. The summed E-state index contributed by atoms with van der Waals surface area (Å²) >= 11 is 7.92. The van der Waals surface area contributed by atoms with Gasteiger partial charge in [-0.05, 0) is 13.3 Å². The molecule has 1 amide bonds. The number of rotatable bonds is 7. The number of hydrogen-bond donors (Lipinski definition) is 1.